The number of aryl methyl sites for hydroxylation is 1. The largest absolute Gasteiger partial charge is 0.454 e. The number of amidine groups is 2. The van der Waals surface area contributed by atoms with Gasteiger partial charge < -0.3 is 20.1 Å². The molecule has 13 heteroatoms. The molecule has 1 unspecified atom stereocenters. The molecule has 0 spiro atoms. The van der Waals surface area contributed by atoms with E-state index in [0.29, 0.717) is 39.6 Å². The summed E-state index contributed by atoms with van der Waals surface area (Å²) in [6, 6.07) is 13.6. The molecule has 3 N–H and O–H groups in total. The second kappa shape index (κ2) is 10.3. The highest BCUT2D eigenvalue weighted by molar-refractivity contribution is 8.14. The molecular formula is C26H23N7O5S. The quantitative estimate of drug-likeness (QED) is 0.413. The van der Waals surface area contributed by atoms with E-state index in [1.807, 2.05) is 43.3 Å². The van der Waals surface area contributed by atoms with Gasteiger partial charge in [0.05, 0.1) is 17.9 Å². The number of para-hydroxylation sites is 1. The first-order valence-corrected chi connectivity index (χ1v) is 13.1. The molecule has 0 radical (unpaired) electrons. The number of amides is 3. The first-order valence-electron chi connectivity index (χ1n) is 12.1. The topological polar surface area (TPSA) is 150 Å². The van der Waals surface area contributed by atoms with Gasteiger partial charge >= 0.3 is 0 Å². The molecule has 3 aliphatic heterocycles. The normalized spacial score (nSPS) is 16.8. The highest BCUT2D eigenvalue weighted by Crippen LogP contribution is 2.34. The summed E-state index contributed by atoms with van der Waals surface area (Å²) in [4.78, 5) is 49.3. The number of carbonyl (C=O) groups is 3. The Hall–Kier alpha value is -4.65. The molecule has 0 saturated heterocycles. The third kappa shape index (κ3) is 5.08. The lowest BCUT2D eigenvalue weighted by molar-refractivity contribution is -0.128. The van der Waals surface area contributed by atoms with Crippen molar-refractivity contribution >= 4 is 52.0 Å². The summed E-state index contributed by atoms with van der Waals surface area (Å²) in [5.41, 5.74) is 2.99. The minimum atomic E-state index is -0.908. The molecule has 4 heterocycles. The van der Waals surface area contributed by atoms with Crippen molar-refractivity contribution in [3.05, 3.63) is 65.4 Å². The van der Waals surface area contributed by atoms with Crippen LogP contribution in [0.15, 0.2) is 58.5 Å². The van der Waals surface area contributed by atoms with E-state index in [0.717, 1.165) is 23.0 Å². The van der Waals surface area contributed by atoms with E-state index in [2.05, 4.69) is 30.8 Å². The highest BCUT2D eigenvalue weighted by Gasteiger charge is 2.42. The zero-order valence-electron chi connectivity index (χ0n) is 20.8. The second-order valence-electron chi connectivity index (χ2n) is 9.00. The fourth-order valence-electron chi connectivity index (χ4n) is 4.32. The van der Waals surface area contributed by atoms with Gasteiger partial charge in [-0.05, 0) is 36.8 Å². The molecule has 3 amide bonds. The lowest BCUT2D eigenvalue weighted by Crippen LogP contribution is -2.42. The summed E-state index contributed by atoms with van der Waals surface area (Å²) < 4.78 is 10.7. The van der Waals surface area contributed by atoms with Crippen molar-refractivity contribution < 1.29 is 23.9 Å². The molecule has 6 rings (SSSR count). The van der Waals surface area contributed by atoms with E-state index in [9.17, 15) is 14.4 Å². The third-order valence-corrected chi connectivity index (χ3v) is 7.10. The average molecular weight is 546 g/mol. The van der Waals surface area contributed by atoms with Gasteiger partial charge in [0.25, 0.3) is 5.91 Å². The Morgan fingerprint density at radius 2 is 1.97 bits per heavy atom. The summed E-state index contributed by atoms with van der Waals surface area (Å²) in [5.74, 6) is 1.16. The first kappa shape index (κ1) is 24.7. The zero-order chi connectivity index (χ0) is 26.9. The number of aliphatic imine (C=N–C) groups is 2. The number of fused-ring (bicyclic) bond motifs is 4. The van der Waals surface area contributed by atoms with Crippen LogP contribution in [0.25, 0.3) is 0 Å². The molecule has 39 heavy (non-hydrogen) atoms. The predicted octanol–water partition coefficient (Wildman–Crippen LogP) is 2.48. The van der Waals surface area contributed by atoms with Gasteiger partial charge in [0.1, 0.15) is 11.9 Å². The summed E-state index contributed by atoms with van der Waals surface area (Å²) in [7, 11) is 0. The van der Waals surface area contributed by atoms with E-state index in [-0.39, 0.29) is 43.2 Å². The molecule has 1 atom stereocenters. The summed E-state index contributed by atoms with van der Waals surface area (Å²) in [5, 5.41) is 12.7. The third-order valence-electron chi connectivity index (χ3n) is 6.16. The maximum Gasteiger partial charge on any atom is 0.259 e. The molecule has 2 aromatic carbocycles. The van der Waals surface area contributed by atoms with Crippen molar-refractivity contribution in [1.29, 1.82) is 0 Å². The number of ether oxygens (including phenoxy) is 2. The highest BCUT2D eigenvalue weighted by atomic mass is 32.2. The van der Waals surface area contributed by atoms with Crippen molar-refractivity contribution in [3.8, 4) is 11.5 Å². The Bertz CT molecular complexity index is 1550. The van der Waals surface area contributed by atoms with Crippen LogP contribution in [0, 0.1) is 6.92 Å². The number of aromatic amines is 1. The Morgan fingerprint density at radius 1 is 1.13 bits per heavy atom. The van der Waals surface area contributed by atoms with Crippen LogP contribution in [0.5, 0.6) is 11.5 Å². The molecule has 12 nitrogen and oxygen atoms in total. The number of rotatable bonds is 7. The maximum absolute atomic E-state index is 13.4. The van der Waals surface area contributed by atoms with Crippen molar-refractivity contribution in [2.45, 2.75) is 25.9 Å². The molecule has 0 fully saturated rings. The number of carbonyl (C=O) groups excluding carboxylic acids is 3. The number of anilines is 1. The van der Waals surface area contributed by atoms with Crippen LogP contribution in [-0.4, -0.2) is 62.4 Å². The van der Waals surface area contributed by atoms with E-state index < -0.39 is 6.04 Å². The molecule has 0 aliphatic carbocycles. The Morgan fingerprint density at radius 3 is 2.82 bits per heavy atom. The van der Waals surface area contributed by atoms with Gasteiger partial charge in [0, 0.05) is 23.9 Å². The lowest BCUT2D eigenvalue weighted by Gasteiger charge is -2.25. The Labute approximate surface area is 226 Å². The Balaban J connectivity index is 1.13. The molecular weight excluding hydrogens is 522 g/mol. The smallest absolute Gasteiger partial charge is 0.259 e. The second-order valence-corrected chi connectivity index (χ2v) is 9.94. The SMILES string of the molecule is Cc1cc(NC(=O)CSC2=Nc3ccccc3C3=NC(CC(=O)NCc4ccc5c(c4)OCO5)C(=O)N23)n[nH]1. The lowest BCUT2D eigenvalue weighted by atomic mass is 10.1. The number of aromatic nitrogens is 2. The molecule has 1 aromatic heterocycles. The molecule has 198 valence electrons. The minimum Gasteiger partial charge on any atom is -0.454 e. The number of H-pyrrole nitrogens is 1. The van der Waals surface area contributed by atoms with Crippen LogP contribution in [-0.2, 0) is 20.9 Å². The molecule has 0 bridgehead atoms. The number of thioether (sulfide) groups is 1. The molecule has 0 saturated carbocycles. The van der Waals surface area contributed by atoms with Gasteiger partial charge in [-0.25, -0.2) is 9.89 Å². The summed E-state index contributed by atoms with van der Waals surface area (Å²) in [6.07, 6.45) is -0.123. The predicted molar refractivity (Wildman–Crippen MR) is 144 cm³/mol. The molecule has 3 aromatic rings. The first-order chi connectivity index (χ1) is 18.9. The van der Waals surface area contributed by atoms with Gasteiger partial charge in [-0.1, -0.05) is 30.0 Å². The van der Waals surface area contributed by atoms with Gasteiger partial charge in [-0.2, -0.15) is 5.10 Å². The Kier molecular flexibility index (Phi) is 6.49. The van der Waals surface area contributed by atoms with E-state index in [4.69, 9.17) is 9.47 Å². The molecule has 3 aliphatic rings. The van der Waals surface area contributed by atoms with Gasteiger partial charge in [-0.15, -0.1) is 0 Å². The summed E-state index contributed by atoms with van der Waals surface area (Å²) in [6.45, 7) is 2.28. The fraction of sp³-hybridized carbons (Fsp3) is 0.231. The standard InChI is InChI=1S/C26H23N7O5S/c1-14-8-21(32-31-14)30-23(35)12-39-26-29-17-5-3-2-4-16(17)24-28-18(25(36)33(24)26)10-22(34)27-11-15-6-7-19-20(9-15)38-13-37-19/h2-9,18H,10-13H2,1H3,(H,27,34)(H2,30,31,32,35). The summed E-state index contributed by atoms with van der Waals surface area (Å²) >= 11 is 1.12. The van der Waals surface area contributed by atoms with Crippen LogP contribution in [0.3, 0.4) is 0 Å². The zero-order valence-corrected chi connectivity index (χ0v) is 21.6. The minimum absolute atomic E-state index is 0.00462. The fourth-order valence-corrected chi connectivity index (χ4v) is 5.12. The van der Waals surface area contributed by atoms with Gasteiger partial charge in [0.15, 0.2) is 22.5 Å². The van der Waals surface area contributed by atoms with Crippen LogP contribution < -0.4 is 20.1 Å². The maximum atomic E-state index is 13.4. The van der Waals surface area contributed by atoms with E-state index in [1.54, 1.807) is 12.1 Å². The number of nitrogens with one attached hydrogen (secondary N) is 3. The number of hydrogen-bond acceptors (Lipinski definition) is 9. The van der Waals surface area contributed by atoms with Crippen molar-refractivity contribution in [2.24, 2.45) is 9.98 Å². The van der Waals surface area contributed by atoms with Crippen LogP contribution in [0.4, 0.5) is 11.5 Å². The van der Waals surface area contributed by atoms with Crippen molar-refractivity contribution in [1.82, 2.24) is 20.4 Å². The number of hydrogen-bond donors (Lipinski definition) is 3. The van der Waals surface area contributed by atoms with Gasteiger partial charge in [-0.3, -0.25) is 24.5 Å². The number of nitrogens with zero attached hydrogens (tertiary/aromatic N) is 4. The van der Waals surface area contributed by atoms with Crippen molar-refractivity contribution in [3.63, 3.8) is 0 Å². The number of benzene rings is 2. The average Bonchev–Trinajstić information content (AvgIpc) is 3.65. The van der Waals surface area contributed by atoms with Crippen LogP contribution >= 0.6 is 11.8 Å². The monoisotopic (exact) mass is 545 g/mol. The van der Waals surface area contributed by atoms with E-state index in [1.165, 1.54) is 4.90 Å². The van der Waals surface area contributed by atoms with Crippen molar-refractivity contribution in [2.75, 3.05) is 17.9 Å². The van der Waals surface area contributed by atoms with Crippen LogP contribution in [0.2, 0.25) is 0 Å². The van der Waals surface area contributed by atoms with Gasteiger partial charge in [0.2, 0.25) is 18.6 Å². The van der Waals surface area contributed by atoms with Crippen LogP contribution in [0.1, 0.15) is 23.2 Å². The van der Waals surface area contributed by atoms with E-state index >= 15 is 0 Å².